The first-order chi connectivity index (χ1) is 15.7. The molecule has 1 amide bonds. The van der Waals surface area contributed by atoms with Crippen LogP contribution >= 0.6 is 0 Å². The quantitative estimate of drug-likeness (QED) is 0.600. The number of carbonyl (C=O) groups excluding carboxylic acids is 1. The molecule has 0 saturated carbocycles. The molecule has 9 nitrogen and oxygen atoms in total. The van der Waals surface area contributed by atoms with Gasteiger partial charge in [0.15, 0.2) is 11.5 Å². The molecule has 2 aromatic carbocycles. The smallest absolute Gasteiger partial charge is 0.304 e. The summed E-state index contributed by atoms with van der Waals surface area (Å²) in [5.41, 5.74) is 1.33. The second-order valence-electron chi connectivity index (χ2n) is 8.12. The van der Waals surface area contributed by atoms with Crippen LogP contribution in [0.1, 0.15) is 5.56 Å². The van der Waals surface area contributed by atoms with Gasteiger partial charge in [-0.1, -0.05) is 6.07 Å². The molecule has 4 rings (SSSR count). The van der Waals surface area contributed by atoms with E-state index < -0.39 is 16.0 Å². The Morgan fingerprint density at radius 3 is 2.33 bits per heavy atom. The molecule has 0 bridgehead atoms. The Bertz CT molecular complexity index is 1100. The highest BCUT2D eigenvalue weighted by molar-refractivity contribution is 7.90. The average Bonchev–Trinajstić information content (AvgIpc) is 3.26. The molecule has 1 saturated heterocycles. The number of piperazine rings is 1. The van der Waals surface area contributed by atoms with Crippen LogP contribution in [0.3, 0.4) is 0 Å². The maximum Gasteiger partial charge on any atom is 0.304 e. The number of carbonyl (C=O) groups is 1. The van der Waals surface area contributed by atoms with Gasteiger partial charge in [0.1, 0.15) is 12.4 Å². The zero-order chi connectivity index (χ0) is 23.6. The highest BCUT2D eigenvalue weighted by atomic mass is 32.2. The Morgan fingerprint density at radius 1 is 1.00 bits per heavy atom. The molecule has 0 aromatic heterocycles. The van der Waals surface area contributed by atoms with Gasteiger partial charge < -0.3 is 14.4 Å². The summed E-state index contributed by atoms with van der Waals surface area (Å²) < 4.78 is 51.8. The largest absolute Gasteiger partial charge is 0.454 e. The van der Waals surface area contributed by atoms with E-state index in [2.05, 4.69) is 4.90 Å². The van der Waals surface area contributed by atoms with Gasteiger partial charge in [0.2, 0.25) is 12.7 Å². The molecular weight excluding hydrogens is 451 g/mol. The van der Waals surface area contributed by atoms with Crippen LogP contribution in [0.2, 0.25) is 0 Å². The van der Waals surface area contributed by atoms with Crippen LogP contribution in [0.25, 0.3) is 0 Å². The Hall–Kier alpha value is -2.89. The summed E-state index contributed by atoms with van der Waals surface area (Å²) in [6.07, 6.45) is 0. The van der Waals surface area contributed by atoms with Crippen molar-refractivity contribution in [3.05, 3.63) is 53.8 Å². The standard InChI is InChI=1S/C22H27FN4O5S/c1-24(2)33(29,30)27(19-6-4-18(23)5-7-19)15-22(28)26-11-9-25(10-12-26)14-17-3-8-20-21(13-17)32-16-31-20/h3-8,13H,9-12,14-16H2,1-2H3. The molecule has 0 unspecified atom stereocenters. The molecule has 0 atom stereocenters. The Morgan fingerprint density at radius 2 is 1.67 bits per heavy atom. The number of hydrogen-bond donors (Lipinski definition) is 0. The van der Waals surface area contributed by atoms with Gasteiger partial charge in [-0.3, -0.25) is 9.69 Å². The lowest BCUT2D eigenvalue weighted by Gasteiger charge is -2.36. The summed E-state index contributed by atoms with van der Waals surface area (Å²) in [7, 11) is -1.14. The number of benzene rings is 2. The minimum absolute atomic E-state index is 0.234. The van der Waals surface area contributed by atoms with Crippen molar-refractivity contribution in [1.29, 1.82) is 0 Å². The zero-order valence-electron chi connectivity index (χ0n) is 18.6. The average molecular weight is 479 g/mol. The first kappa shape index (κ1) is 23.3. The van der Waals surface area contributed by atoms with Crippen LogP contribution in [0.4, 0.5) is 10.1 Å². The van der Waals surface area contributed by atoms with Crippen molar-refractivity contribution in [2.45, 2.75) is 6.54 Å². The van der Waals surface area contributed by atoms with E-state index in [1.807, 2.05) is 18.2 Å². The van der Waals surface area contributed by atoms with E-state index in [0.717, 1.165) is 32.2 Å². The van der Waals surface area contributed by atoms with Crippen LogP contribution in [0.15, 0.2) is 42.5 Å². The number of rotatable bonds is 7. The fourth-order valence-electron chi connectivity index (χ4n) is 3.79. The predicted molar refractivity (Wildman–Crippen MR) is 121 cm³/mol. The normalized spacial score (nSPS) is 16.3. The van der Waals surface area contributed by atoms with Gasteiger partial charge in [-0.05, 0) is 42.0 Å². The molecular formula is C22H27FN4O5S. The minimum Gasteiger partial charge on any atom is -0.454 e. The van der Waals surface area contributed by atoms with E-state index >= 15 is 0 Å². The third-order valence-electron chi connectivity index (χ3n) is 5.70. The van der Waals surface area contributed by atoms with Crippen molar-refractivity contribution in [3.63, 3.8) is 0 Å². The molecule has 178 valence electrons. The summed E-state index contributed by atoms with van der Waals surface area (Å²) in [5, 5.41) is 0. The Labute approximate surface area is 193 Å². The number of ether oxygens (including phenoxy) is 2. The van der Waals surface area contributed by atoms with Gasteiger partial charge in [0, 0.05) is 46.8 Å². The molecule has 0 aliphatic carbocycles. The maximum absolute atomic E-state index is 13.3. The van der Waals surface area contributed by atoms with Gasteiger partial charge in [-0.2, -0.15) is 12.7 Å². The second-order valence-corrected chi connectivity index (χ2v) is 10.2. The molecule has 11 heteroatoms. The number of anilines is 1. The monoisotopic (exact) mass is 478 g/mol. The molecule has 2 heterocycles. The summed E-state index contributed by atoms with van der Waals surface area (Å²) in [5.74, 6) is 0.704. The first-order valence-corrected chi connectivity index (χ1v) is 12.0. The molecule has 33 heavy (non-hydrogen) atoms. The van der Waals surface area contributed by atoms with Gasteiger partial charge in [0.25, 0.3) is 0 Å². The SMILES string of the molecule is CN(C)S(=O)(=O)N(CC(=O)N1CCN(Cc2ccc3c(c2)OCO3)CC1)c1ccc(F)cc1. The van der Waals surface area contributed by atoms with Crippen LogP contribution in [0.5, 0.6) is 11.5 Å². The molecule has 0 N–H and O–H groups in total. The topological polar surface area (TPSA) is 82.6 Å². The fraction of sp³-hybridized carbons (Fsp3) is 0.409. The number of hydrogen-bond acceptors (Lipinski definition) is 6. The lowest BCUT2D eigenvalue weighted by Crippen LogP contribution is -2.52. The lowest BCUT2D eigenvalue weighted by atomic mass is 10.1. The van der Waals surface area contributed by atoms with Crippen molar-refractivity contribution >= 4 is 21.8 Å². The molecule has 2 aromatic rings. The van der Waals surface area contributed by atoms with Crippen LogP contribution in [0, 0.1) is 5.82 Å². The predicted octanol–water partition coefficient (Wildman–Crippen LogP) is 1.51. The third-order valence-corrected chi connectivity index (χ3v) is 7.52. The van der Waals surface area contributed by atoms with Crippen molar-refractivity contribution < 1.29 is 27.1 Å². The number of amides is 1. The third kappa shape index (κ3) is 5.21. The van der Waals surface area contributed by atoms with E-state index in [1.165, 1.54) is 38.4 Å². The van der Waals surface area contributed by atoms with E-state index in [9.17, 15) is 17.6 Å². The lowest BCUT2D eigenvalue weighted by molar-refractivity contribution is -0.131. The zero-order valence-corrected chi connectivity index (χ0v) is 19.4. The van der Waals surface area contributed by atoms with Crippen molar-refractivity contribution in [3.8, 4) is 11.5 Å². The van der Waals surface area contributed by atoms with E-state index in [1.54, 1.807) is 4.90 Å². The molecule has 2 aliphatic rings. The van der Waals surface area contributed by atoms with Crippen molar-refractivity contribution in [2.75, 3.05) is 57.9 Å². The molecule has 0 radical (unpaired) electrons. The minimum atomic E-state index is -3.93. The molecule has 0 spiro atoms. The fourth-order valence-corrected chi connectivity index (χ4v) is 4.84. The highest BCUT2D eigenvalue weighted by Crippen LogP contribution is 2.32. The Kier molecular flexibility index (Phi) is 6.73. The summed E-state index contributed by atoms with van der Waals surface area (Å²) in [6, 6.07) is 10.9. The maximum atomic E-state index is 13.3. The van der Waals surface area contributed by atoms with Gasteiger partial charge in [-0.15, -0.1) is 0 Å². The van der Waals surface area contributed by atoms with Crippen molar-refractivity contribution in [1.82, 2.24) is 14.1 Å². The van der Waals surface area contributed by atoms with Crippen LogP contribution in [-0.4, -0.2) is 82.0 Å². The second kappa shape index (κ2) is 9.54. The number of nitrogens with zero attached hydrogens (tertiary/aromatic N) is 4. The van der Waals surface area contributed by atoms with Gasteiger partial charge in [-0.25, -0.2) is 8.70 Å². The summed E-state index contributed by atoms with van der Waals surface area (Å²) >= 11 is 0. The van der Waals surface area contributed by atoms with E-state index in [4.69, 9.17) is 9.47 Å². The highest BCUT2D eigenvalue weighted by Gasteiger charge is 2.30. The first-order valence-electron chi connectivity index (χ1n) is 10.6. The van der Waals surface area contributed by atoms with E-state index in [-0.39, 0.29) is 24.9 Å². The molecule has 2 aliphatic heterocycles. The number of fused-ring (bicyclic) bond motifs is 1. The van der Waals surface area contributed by atoms with Crippen LogP contribution < -0.4 is 13.8 Å². The summed E-state index contributed by atoms with van der Waals surface area (Å²) in [4.78, 5) is 16.9. The van der Waals surface area contributed by atoms with E-state index in [0.29, 0.717) is 26.2 Å². The summed E-state index contributed by atoms with van der Waals surface area (Å²) in [6.45, 7) is 2.90. The van der Waals surface area contributed by atoms with Crippen molar-refractivity contribution in [2.24, 2.45) is 0 Å². The number of halogens is 1. The van der Waals surface area contributed by atoms with Gasteiger partial charge >= 0.3 is 10.2 Å². The van der Waals surface area contributed by atoms with Gasteiger partial charge in [0.05, 0.1) is 5.69 Å². The van der Waals surface area contributed by atoms with Crippen LogP contribution in [-0.2, 0) is 21.5 Å². The molecule has 1 fully saturated rings. The Balaban J connectivity index is 1.38.